The Morgan fingerprint density at radius 1 is 1.47 bits per heavy atom. The van der Waals surface area contributed by atoms with Crippen LogP contribution in [0.4, 0.5) is 5.69 Å². The van der Waals surface area contributed by atoms with Crippen molar-refractivity contribution >= 4 is 11.6 Å². The fraction of sp³-hybridized carbons (Fsp3) is 0.533. The number of benzene rings is 1. The highest BCUT2D eigenvalue weighted by Gasteiger charge is 2.23. The third-order valence-electron chi connectivity index (χ3n) is 3.98. The summed E-state index contributed by atoms with van der Waals surface area (Å²) in [4.78, 5) is 13.4. The van der Waals surface area contributed by atoms with Gasteiger partial charge in [-0.3, -0.25) is 4.79 Å². The number of ether oxygens (including phenoxy) is 1. The molecule has 1 unspecified atom stereocenters. The van der Waals surface area contributed by atoms with Gasteiger partial charge >= 0.3 is 0 Å². The Hall–Kier alpha value is -1.39. The molecule has 0 radical (unpaired) electrons. The number of rotatable bonds is 3. The van der Waals surface area contributed by atoms with Gasteiger partial charge < -0.3 is 15.0 Å². The van der Waals surface area contributed by atoms with Crippen molar-refractivity contribution < 1.29 is 9.53 Å². The number of likely N-dealkylation sites (N-methyl/N-ethyl adjacent to an activating group) is 1. The monoisotopic (exact) mass is 260 g/mol. The molecule has 102 valence electrons. The predicted octanol–water partition coefficient (Wildman–Crippen LogP) is 1.13. The quantitative estimate of drug-likeness (QED) is 0.885. The van der Waals surface area contributed by atoms with E-state index in [9.17, 15) is 4.79 Å². The lowest BCUT2D eigenvalue weighted by Gasteiger charge is -2.23. The molecule has 0 spiro atoms. The zero-order valence-corrected chi connectivity index (χ0v) is 11.3. The van der Waals surface area contributed by atoms with Crippen molar-refractivity contribution in [1.29, 1.82) is 0 Å². The first-order valence-corrected chi connectivity index (χ1v) is 6.95. The van der Waals surface area contributed by atoms with E-state index in [0.29, 0.717) is 12.5 Å². The highest BCUT2D eigenvalue weighted by Crippen LogP contribution is 2.28. The molecule has 1 fully saturated rings. The van der Waals surface area contributed by atoms with Crippen LogP contribution in [0, 0.1) is 0 Å². The van der Waals surface area contributed by atoms with Crippen molar-refractivity contribution in [2.45, 2.75) is 25.4 Å². The molecule has 4 heteroatoms. The van der Waals surface area contributed by atoms with E-state index >= 15 is 0 Å². The molecule has 4 nitrogen and oxygen atoms in total. The number of aryl methyl sites for hydroxylation is 1. The number of anilines is 1. The first-order chi connectivity index (χ1) is 9.24. The number of amides is 1. The molecule has 19 heavy (non-hydrogen) atoms. The van der Waals surface area contributed by atoms with Crippen LogP contribution in [0.25, 0.3) is 0 Å². The lowest BCUT2D eigenvalue weighted by atomic mass is 10.0. The van der Waals surface area contributed by atoms with Crippen molar-refractivity contribution in [2.75, 3.05) is 31.6 Å². The van der Waals surface area contributed by atoms with Crippen LogP contribution in [-0.4, -0.2) is 38.8 Å². The summed E-state index contributed by atoms with van der Waals surface area (Å²) < 4.78 is 5.70. The number of nitrogens with one attached hydrogen (secondary N) is 1. The summed E-state index contributed by atoms with van der Waals surface area (Å²) in [7, 11) is 1.84. The summed E-state index contributed by atoms with van der Waals surface area (Å²) in [5.41, 5.74) is 3.52. The predicted molar refractivity (Wildman–Crippen MR) is 74.5 cm³/mol. The van der Waals surface area contributed by atoms with Gasteiger partial charge in [0, 0.05) is 25.8 Å². The molecule has 2 aliphatic heterocycles. The second-order valence-corrected chi connectivity index (χ2v) is 5.33. The highest BCUT2D eigenvalue weighted by molar-refractivity contribution is 6.00. The Morgan fingerprint density at radius 3 is 3.16 bits per heavy atom. The molecule has 0 bridgehead atoms. The second-order valence-electron chi connectivity index (χ2n) is 5.33. The van der Waals surface area contributed by atoms with Gasteiger partial charge in [0.15, 0.2) is 0 Å². The van der Waals surface area contributed by atoms with E-state index in [-0.39, 0.29) is 5.91 Å². The van der Waals surface area contributed by atoms with Crippen molar-refractivity contribution in [1.82, 2.24) is 5.32 Å². The number of fused-ring (bicyclic) bond motifs is 1. The number of carbonyl (C=O) groups excluding carboxylic acids is 1. The fourth-order valence-corrected chi connectivity index (χ4v) is 2.81. The maximum absolute atomic E-state index is 11.6. The van der Waals surface area contributed by atoms with Crippen LogP contribution in [0.5, 0.6) is 0 Å². The molecular formula is C15H20N2O2. The molecule has 1 amide bonds. The minimum atomic E-state index is 0.187. The van der Waals surface area contributed by atoms with E-state index in [0.717, 1.165) is 43.8 Å². The standard InChI is InChI=1S/C15H20N2O2/c1-17-14-5-3-11(8-12(14)9-15(17)18)2-4-13-10-16-6-7-19-13/h3,5,8,13,16H,2,4,6-7,9-10H2,1H3. The lowest BCUT2D eigenvalue weighted by molar-refractivity contribution is -0.117. The summed E-state index contributed by atoms with van der Waals surface area (Å²) in [5.74, 6) is 0.187. The zero-order chi connectivity index (χ0) is 13.2. The second kappa shape index (κ2) is 5.31. The first kappa shape index (κ1) is 12.6. The average Bonchev–Trinajstić information content (AvgIpc) is 2.73. The summed E-state index contributed by atoms with van der Waals surface area (Å²) in [5, 5.41) is 3.35. The topological polar surface area (TPSA) is 41.6 Å². The van der Waals surface area contributed by atoms with Gasteiger partial charge in [-0.2, -0.15) is 0 Å². The van der Waals surface area contributed by atoms with E-state index in [2.05, 4.69) is 23.5 Å². The molecule has 3 rings (SSSR count). The summed E-state index contributed by atoms with van der Waals surface area (Å²) in [6.07, 6.45) is 2.92. The van der Waals surface area contributed by atoms with Gasteiger partial charge in [-0.05, 0) is 30.0 Å². The minimum absolute atomic E-state index is 0.187. The zero-order valence-electron chi connectivity index (χ0n) is 11.3. The van der Waals surface area contributed by atoms with Crippen LogP contribution in [-0.2, 0) is 22.4 Å². The molecule has 0 aromatic heterocycles. The average molecular weight is 260 g/mol. The third-order valence-corrected chi connectivity index (χ3v) is 3.98. The van der Waals surface area contributed by atoms with E-state index < -0.39 is 0 Å². The molecule has 0 aliphatic carbocycles. The number of morpholine rings is 1. The molecular weight excluding hydrogens is 240 g/mol. The van der Waals surface area contributed by atoms with E-state index in [1.54, 1.807) is 4.90 Å². The normalized spacial score (nSPS) is 22.7. The summed E-state index contributed by atoms with van der Waals surface area (Å²) in [6, 6.07) is 6.37. The Balaban J connectivity index is 1.63. The first-order valence-electron chi connectivity index (χ1n) is 6.95. The van der Waals surface area contributed by atoms with Gasteiger partial charge in [0.2, 0.25) is 5.91 Å². The van der Waals surface area contributed by atoms with Gasteiger partial charge in [-0.15, -0.1) is 0 Å². The van der Waals surface area contributed by atoms with Gasteiger partial charge in [0.25, 0.3) is 0 Å². The highest BCUT2D eigenvalue weighted by atomic mass is 16.5. The number of hydrogen-bond donors (Lipinski definition) is 1. The molecule has 0 saturated carbocycles. The van der Waals surface area contributed by atoms with E-state index in [4.69, 9.17) is 4.74 Å². The van der Waals surface area contributed by atoms with Gasteiger partial charge in [0.1, 0.15) is 0 Å². The molecule has 2 heterocycles. The van der Waals surface area contributed by atoms with Crippen LogP contribution in [0.2, 0.25) is 0 Å². The van der Waals surface area contributed by atoms with Crippen molar-refractivity contribution in [3.05, 3.63) is 29.3 Å². The smallest absolute Gasteiger partial charge is 0.231 e. The van der Waals surface area contributed by atoms with Crippen LogP contribution in [0.3, 0.4) is 0 Å². The molecule has 1 aromatic carbocycles. The van der Waals surface area contributed by atoms with Crippen molar-refractivity contribution in [3.8, 4) is 0 Å². The van der Waals surface area contributed by atoms with E-state index in [1.807, 2.05) is 7.05 Å². The summed E-state index contributed by atoms with van der Waals surface area (Å²) in [6.45, 7) is 2.73. The van der Waals surface area contributed by atoms with Crippen molar-refractivity contribution in [2.24, 2.45) is 0 Å². The van der Waals surface area contributed by atoms with E-state index in [1.165, 1.54) is 5.56 Å². The molecule has 1 aromatic rings. The van der Waals surface area contributed by atoms with Crippen LogP contribution >= 0.6 is 0 Å². The summed E-state index contributed by atoms with van der Waals surface area (Å²) >= 11 is 0. The minimum Gasteiger partial charge on any atom is -0.376 e. The van der Waals surface area contributed by atoms with Crippen molar-refractivity contribution in [3.63, 3.8) is 0 Å². The van der Waals surface area contributed by atoms with Gasteiger partial charge in [-0.25, -0.2) is 0 Å². The largest absolute Gasteiger partial charge is 0.376 e. The Labute approximate surface area is 113 Å². The number of nitrogens with zero attached hydrogens (tertiary/aromatic N) is 1. The van der Waals surface area contributed by atoms with Crippen LogP contribution in [0.15, 0.2) is 18.2 Å². The van der Waals surface area contributed by atoms with Crippen LogP contribution in [0.1, 0.15) is 17.5 Å². The number of hydrogen-bond acceptors (Lipinski definition) is 3. The van der Waals surface area contributed by atoms with Gasteiger partial charge in [0.05, 0.1) is 19.1 Å². The number of carbonyl (C=O) groups is 1. The Kier molecular flexibility index (Phi) is 3.53. The molecule has 1 saturated heterocycles. The van der Waals surface area contributed by atoms with Crippen LogP contribution < -0.4 is 10.2 Å². The Bertz CT molecular complexity index is 481. The molecule has 1 N–H and O–H groups in total. The lowest BCUT2D eigenvalue weighted by Crippen LogP contribution is -2.38. The third kappa shape index (κ3) is 2.65. The SMILES string of the molecule is CN1C(=O)Cc2cc(CCC3CNCCO3)ccc21. The fourth-order valence-electron chi connectivity index (χ4n) is 2.81. The molecule has 1 atom stereocenters. The Morgan fingerprint density at radius 2 is 2.37 bits per heavy atom. The van der Waals surface area contributed by atoms with Gasteiger partial charge in [-0.1, -0.05) is 12.1 Å². The maximum Gasteiger partial charge on any atom is 0.231 e. The maximum atomic E-state index is 11.6. The molecule has 2 aliphatic rings.